The molecule has 0 aromatic carbocycles. The van der Waals surface area contributed by atoms with Gasteiger partial charge in [-0.3, -0.25) is 0 Å². The van der Waals surface area contributed by atoms with Gasteiger partial charge in [-0.1, -0.05) is 41.5 Å². The number of rotatable bonds is 2. The normalized spacial score (nSPS) is 18.5. The Morgan fingerprint density at radius 3 is 1.54 bits per heavy atom. The van der Waals surface area contributed by atoms with Crippen LogP contribution in [0.4, 0.5) is 0 Å². The van der Waals surface area contributed by atoms with Crippen LogP contribution in [-0.4, -0.2) is 22.4 Å². The van der Waals surface area contributed by atoms with Crippen molar-refractivity contribution in [3.8, 4) is 0 Å². The Bertz CT molecular complexity index is 150. The smallest absolute Gasteiger partial charge is 0.0847 e. The fourth-order valence-electron chi connectivity index (χ4n) is 1.32. The van der Waals surface area contributed by atoms with Crippen LogP contribution in [-0.2, 0) is 0 Å². The minimum Gasteiger partial charge on any atom is -0.390 e. The average molecular weight is 188 g/mol. The van der Waals surface area contributed by atoms with E-state index in [-0.39, 0.29) is 10.8 Å². The third-order valence-corrected chi connectivity index (χ3v) is 2.07. The van der Waals surface area contributed by atoms with E-state index in [9.17, 15) is 10.2 Å². The van der Waals surface area contributed by atoms with Gasteiger partial charge in [0.2, 0.25) is 0 Å². The van der Waals surface area contributed by atoms with Crippen molar-refractivity contribution in [3.63, 3.8) is 0 Å². The van der Waals surface area contributed by atoms with E-state index in [0.29, 0.717) is 6.42 Å². The first-order valence-corrected chi connectivity index (χ1v) is 4.90. The third-order valence-electron chi connectivity index (χ3n) is 2.07. The molecule has 2 unspecified atom stereocenters. The highest BCUT2D eigenvalue weighted by Gasteiger charge is 2.31. The van der Waals surface area contributed by atoms with Crippen LogP contribution in [0.5, 0.6) is 0 Å². The monoisotopic (exact) mass is 188 g/mol. The molecule has 0 aromatic heterocycles. The second kappa shape index (κ2) is 3.97. The molecule has 0 saturated heterocycles. The van der Waals surface area contributed by atoms with Gasteiger partial charge in [-0.15, -0.1) is 0 Å². The Balaban J connectivity index is 4.20. The number of aliphatic hydroxyl groups excluding tert-OH is 2. The summed E-state index contributed by atoms with van der Waals surface area (Å²) in [5.41, 5.74) is -0.184. The maximum atomic E-state index is 9.77. The zero-order valence-electron chi connectivity index (χ0n) is 9.76. The van der Waals surface area contributed by atoms with E-state index in [2.05, 4.69) is 20.8 Å². The molecule has 0 aliphatic heterocycles. The van der Waals surface area contributed by atoms with Crippen LogP contribution >= 0.6 is 0 Å². The summed E-state index contributed by atoms with van der Waals surface area (Å²) in [5, 5.41) is 19.5. The predicted octanol–water partition coefficient (Wildman–Crippen LogP) is 2.19. The molecular formula is C11H24O2. The molecule has 0 bridgehead atoms. The number of aliphatic hydroxyl groups is 2. The first-order valence-electron chi connectivity index (χ1n) is 4.90. The second-order valence-electron chi connectivity index (χ2n) is 6.14. The molecule has 0 aliphatic carbocycles. The van der Waals surface area contributed by atoms with Gasteiger partial charge in [-0.25, -0.2) is 0 Å². The van der Waals surface area contributed by atoms with E-state index in [0.717, 1.165) is 0 Å². The minimum atomic E-state index is -0.647. The van der Waals surface area contributed by atoms with Crippen LogP contribution < -0.4 is 0 Å². The zero-order valence-corrected chi connectivity index (χ0v) is 9.76. The van der Waals surface area contributed by atoms with Crippen LogP contribution in [0.2, 0.25) is 0 Å². The molecular weight excluding hydrogens is 164 g/mol. The lowest BCUT2D eigenvalue weighted by molar-refractivity contribution is -0.0591. The largest absolute Gasteiger partial charge is 0.390 e. The van der Waals surface area contributed by atoms with Gasteiger partial charge < -0.3 is 10.2 Å². The van der Waals surface area contributed by atoms with Crippen LogP contribution in [0.3, 0.4) is 0 Å². The molecule has 2 atom stereocenters. The van der Waals surface area contributed by atoms with E-state index in [1.807, 2.05) is 20.8 Å². The highest BCUT2D eigenvalue weighted by atomic mass is 16.3. The van der Waals surface area contributed by atoms with Crippen LogP contribution in [0.25, 0.3) is 0 Å². The summed E-state index contributed by atoms with van der Waals surface area (Å²) in [6, 6.07) is 0. The molecule has 0 fully saturated rings. The summed E-state index contributed by atoms with van der Waals surface area (Å²) in [6.07, 6.45) is -0.641. The molecule has 0 aromatic rings. The quantitative estimate of drug-likeness (QED) is 0.697. The molecule has 0 heterocycles. The van der Waals surface area contributed by atoms with Gasteiger partial charge in [0.05, 0.1) is 12.2 Å². The maximum absolute atomic E-state index is 9.77. The Morgan fingerprint density at radius 1 is 0.923 bits per heavy atom. The van der Waals surface area contributed by atoms with E-state index in [1.165, 1.54) is 0 Å². The van der Waals surface area contributed by atoms with Crippen LogP contribution in [0, 0.1) is 10.8 Å². The van der Waals surface area contributed by atoms with Gasteiger partial charge in [-0.05, 0) is 17.3 Å². The van der Waals surface area contributed by atoms with E-state index < -0.39 is 12.2 Å². The Morgan fingerprint density at radius 2 is 1.31 bits per heavy atom. The van der Waals surface area contributed by atoms with Crippen molar-refractivity contribution in [1.29, 1.82) is 0 Å². The molecule has 0 radical (unpaired) electrons. The third kappa shape index (κ3) is 5.27. The van der Waals surface area contributed by atoms with Crippen molar-refractivity contribution in [2.75, 3.05) is 0 Å². The highest BCUT2D eigenvalue weighted by molar-refractivity contribution is 4.82. The molecule has 0 rings (SSSR count). The van der Waals surface area contributed by atoms with Crippen molar-refractivity contribution < 1.29 is 10.2 Å². The standard InChI is InChI=1S/C11H24O2/c1-10(2,3)7-8(12)9(13)11(4,5)6/h8-9,12-13H,7H2,1-6H3. The predicted molar refractivity (Wildman–Crippen MR) is 55.5 cm³/mol. The fourth-order valence-corrected chi connectivity index (χ4v) is 1.32. The molecule has 80 valence electrons. The molecule has 0 saturated carbocycles. The molecule has 2 nitrogen and oxygen atoms in total. The van der Waals surface area contributed by atoms with Crippen molar-refractivity contribution in [3.05, 3.63) is 0 Å². The van der Waals surface area contributed by atoms with E-state index >= 15 is 0 Å². The summed E-state index contributed by atoms with van der Waals surface area (Å²) in [5.74, 6) is 0. The molecule has 2 N–H and O–H groups in total. The Labute approximate surface area is 82.0 Å². The van der Waals surface area contributed by atoms with Crippen LogP contribution in [0.1, 0.15) is 48.0 Å². The summed E-state index contributed by atoms with van der Waals surface area (Å²) in [4.78, 5) is 0. The van der Waals surface area contributed by atoms with E-state index in [1.54, 1.807) is 0 Å². The van der Waals surface area contributed by atoms with Crippen molar-refractivity contribution in [1.82, 2.24) is 0 Å². The summed E-state index contributed by atoms with van der Waals surface area (Å²) < 4.78 is 0. The second-order valence-corrected chi connectivity index (χ2v) is 6.14. The fraction of sp³-hybridized carbons (Fsp3) is 1.00. The summed E-state index contributed by atoms with van der Waals surface area (Å²) in [7, 11) is 0. The van der Waals surface area contributed by atoms with Crippen molar-refractivity contribution >= 4 is 0 Å². The lowest BCUT2D eigenvalue weighted by Gasteiger charge is -2.33. The van der Waals surface area contributed by atoms with Crippen molar-refractivity contribution in [2.24, 2.45) is 10.8 Å². The molecule has 2 heteroatoms. The summed E-state index contributed by atoms with van der Waals surface area (Å²) >= 11 is 0. The lowest BCUT2D eigenvalue weighted by Crippen LogP contribution is -2.39. The van der Waals surface area contributed by atoms with E-state index in [4.69, 9.17) is 0 Å². The topological polar surface area (TPSA) is 40.5 Å². The molecule has 13 heavy (non-hydrogen) atoms. The Kier molecular flexibility index (Phi) is 3.95. The van der Waals surface area contributed by atoms with Gasteiger partial charge in [-0.2, -0.15) is 0 Å². The highest BCUT2D eigenvalue weighted by Crippen LogP contribution is 2.28. The average Bonchev–Trinajstić information content (AvgIpc) is 1.79. The summed E-state index contributed by atoms with van der Waals surface area (Å²) in [6.45, 7) is 12.0. The number of hydrogen-bond acceptors (Lipinski definition) is 2. The first kappa shape index (κ1) is 12.9. The SMILES string of the molecule is CC(C)(C)CC(O)C(O)C(C)(C)C. The minimum absolute atomic E-state index is 0.0612. The van der Waals surface area contributed by atoms with Gasteiger partial charge in [0, 0.05) is 0 Å². The maximum Gasteiger partial charge on any atom is 0.0847 e. The zero-order chi connectivity index (χ0) is 10.9. The van der Waals surface area contributed by atoms with Gasteiger partial charge >= 0.3 is 0 Å². The lowest BCUT2D eigenvalue weighted by atomic mass is 9.80. The molecule has 0 aliphatic rings. The van der Waals surface area contributed by atoms with Gasteiger partial charge in [0.25, 0.3) is 0 Å². The van der Waals surface area contributed by atoms with Crippen LogP contribution in [0.15, 0.2) is 0 Å². The van der Waals surface area contributed by atoms with Gasteiger partial charge in [0.15, 0.2) is 0 Å². The number of hydrogen-bond donors (Lipinski definition) is 2. The first-order chi connectivity index (χ1) is 5.54. The van der Waals surface area contributed by atoms with Crippen molar-refractivity contribution in [2.45, 2.75) is 60.2 Å². The molecule has 0 spiro atoms. The van der Waals surface area contributed by atoms with Gasteiger partial charge in [0.1, 0.15) is 0 Å². The molecule has 0 amide bonds. The Hall–Kier alpha value is -0.0800.